The molecule has 3 aliphatic rings. The summed E-state index contributed by atoms with van der Waals surface area (Å²) in [5.41, 5.74) is 7.10. The fourth-order valence-corrected chi connectivity index (χ4v) is 4.31. The van der Waals surface area contributed by atoms with E-state index in [0.717, 1.165) is 48.8 Å². The predicted octanol–water partition coefficient (Wildman–Crippen LogP) is 5.43. The van der Waals surface area contributed by atoms with Crippen molar-refractivity contribution in [1.29, 1.82) is 0 Å². The second kappa shape index (κ2) is 8.44. The van der Waals surface area contributed by atoms with E-state index in [1.54, 1.807) is 5.57 Å². The summed E-state index contributed by atoms with van der Waals surface area (Å²) in [4.78, 5) is 0. The van der Waals surface area contributed by atoms with Crippen molar-refractivity contribution in [3.05, 3.63) is 62.8 Å². The molecule has 2 heterocycles. The van der Waals surface area contributed by atoms with Gasteiger partial charge in [-0.3, -0.25) is 0 Å². The van der Waals surface area contributed by atoms with Gasteiger partial charge in [-0.15, -0.1) is 0 Å². The molecule has 0 radical (unpaired) electrons. The number of benzene rings is 1. The normalized spacial score (nSPS) is 22.3. The number of rotatable bonds is 0. The third kappa shape index (κ3) is 3.97. The summed E-state index contributed by atoms with van der Waals surface area (Å²) < 4.78 is 0. The highest BCUT2D eigenvalue weighted by molar-refractivity contribution is 6.31. The average molecular weight is 377 g/mol. The molecule has 1 aromatic carbocycles. The van der Waals surface area contributed by atoms with E-state index < -0.39 is 0 Å². The lowest BCUT2D eigenvalue weighted by Gasteiger charge is -2.30. The third-order valence-electron chi connectivity index (χ3n) is 5.00. The van der Waals surface area contributed by atoms with Crippen molar-refractivity contribution in [1.82, 2.24) is 10.6 Å². The zero-order valence-electron chi connectivity index (χ0n) is 15.0. The zero-order chi connectivity index (χ0) is 17.8. The molecule has 2 aliphatic heterocycles. The zero-order valence-corrected chi connectivity index (χ0v) is 16.5. The molecule has 1 unspecified atom stereocenters. The number of fused-ring (bicyclic) bond motifs is 2. The topological polar surface area (TPSA) is 24.1 Å². The van der Waals surface area contributed by atoms with Crippen molar-refractivity contribution in [3.63, 3.8) is 0 Å². The minimum Gasteiger partial charge on any atom is -0.379 e. The number of hydrogen-bond acceptors (Lipinski definition) is 2. The molecule has 0 bridgehead atoms. The van der Waals surface area contributed by atoms with E-state index in [-0.39, 0.29) is 6.04 Å². The van der Waals surface area contributed by atoms with Crippen LogP contribution in [0, 0.1) is 0 Å². The van der Waals surface area contributed by atoms with E-state index in [1.807, 2.05) is 26.1 Å². The molecule has 0 aromatic heterocycles. The summed E-state index contributed by atoms with van der Waals surface area (Å²) in [6, 6.07) is 6.59. The Balaban J connectivity index is 0.000000880. The Morgan fingerprint density at radius 2 is 1.76 bits per heavy atom. The van der Waals surface area contributed by atoms with Crippen molar-refractivity contribution in [2.45, 2.75) is 45.6 Å². The second-order valence-corrected chi connectivity index (χ2v) is 7.29. The molecule has 134 valence electrons. The Morgan fingerprint density at radius 1 is 1.00 bits per heavy atom. The fourth-order valence-electron chi connectivity index (χ4n) is 3.92. The van der Waals surface area contributed by atoms with Crippen LogP contribution in [0.15, 0.2) is 46.7 Å². The molecule has 1 aliphatic carbocycles. The molecule has 1 saturated heterocycles. The van der Waals surface area contributed by atoms with Crippen LogP contribution >= 0.6 is 23.2 Å². The third-order valence-corrected chi connectivity index (χ3v) is 5.45. The fraction of sp³-hybridized carbons (Fsp3) is 0.429. The molecule has 4 rings (SSSR count). The summed E-state index contributed by atoms with van der Waals surface area (Å²) in [5.74, 6) is 0. The van der Waals surface area contributed by atoms with E-state index in [1.165, 1.54) is 22.3 Å². The molecule has 4 heteroatoms. The number of hydrogen-bond donors (Lipinski definition) is 2. The highest BCUT2D eigenvalue weighted by atomic mass is 35.5. The van der Waals surface area contributed by atoms with Gasteiger partial charge in [0.2, 0.25) is 0 Å². The molecule has 0 spiro atoms. The summed E-state index contributed by atoms with van der Waals surface area (Å²) in [5, 5.41) is 8.61. The summed E-state index contributed by atoms with van der Waals surface area (Å²) in [6.45, 7) is 6.12. The molecule has 1 fully saturated rings. The smallest absolute Gasteiger partial charge is 0.0731 e. The number of dihydropyridines is 1. The van der Waals surface area contributed by atoms with Gasteiger partial charge >= 0.3 is 0 Å². The van der Waals surface area contributed by atoms with Gasteiger partial charge in [-0.1, -0.05) is 48.7 Å². The van der Waals surface area contributed by atoms with E-state index in [2.05, 4.69) is 28.8 Å². The Hall–Kier alpha value is -1.22. The second-order valence-electron chi connectivity index (χ2n) is 6.42. The maximum atomic E-state index is 6.25. The Morgan fingerprint density at radius 3 is 2.52 bits per heavy atom. The van der Waals surface area contributed by atoms with Gasteiger partial charge in [-0.2, -0.15) is 0 Å². The lowest BCUT2D eigenvalue weighted by Crippen LogP contribution is -2.32. The van der Waals surface area contributed by atoms with Gasteiger partial charge in [0.1, 0.15) is 0 Å². The van der Waals surface area contributed by atoms with Gasteiger partial charge in [-0.05, 0) is 79.3 Å². The first-order valence-corrected chi connectivity index (χ1v) is 10.0. The Kier molecular flexibility index (Phi) is 6.27. The van der Waals surface area contributed by atoms with Gasteiger partial charge < -0.3 is 10.6 Å². The van der Waals surface area contributed by atoms with Crippen molar-refractivity contribution < 1.29 is 0 Å². The standard InChI is InChI=1S/C19H20Cl2N2.C2H6/c20-15-3-4-17-13(9-15)1-2-14-10-16(21)11-23-19(14)18(17)12-5-7-22-8-6-12;1-2/h3-4,9-11,19,22-23H,1-2,5-8H2;1-2H3. The van der Waals surface area contributed by atoms with E-state index in [0.29, 0.717) is 0 Å². The van der Waals surface area contributed by atoms with Crippen LogP contribution in [0.5, 0.6) is 0 Å². The first-order chi connectivity index (χ1) is 12.2. The molecular formula is C21H26Cl2N2. The molecular weight excluding hydrogens is 351 g/mol. The maximum Gasteiger partial charge on any atom is 0.0731 e. The number of allylic oxidation sites excluding steroid dienone is 2. The van der Waals surface area contributed by atoms with Crippen molar-refractivity contribution >= 4 is 28.8 Å². The largest absolute Gasteiger partial charge is 0.379 e. The van der Waals surface area contributed by atoms with Crippen LogP contribution in [0.3, 0.4) is 0 Å². The molecule has 25 heavy (non-hydrogen) atoms. The van der Waals surface area contributed by atoms with Gasteiger partial charge in [0, 0.05) is 11.2 Å². The highest BCUT2D eigenvalue weighted by Gasteiger charge is 2.29. The van der Waals surface area contributed by atoms with E-state index in [4.69, 9.17) is 23.2 Å². The molecule has 2 nitrogen and oxygen atoms in total. The van der Waals surface area contributed by atoms with Crippen LogP contribution in [-0.2, 0) is 6.42 Å². The van der Waals surface area contributed by atoms with Crippen LogP contribution in [0.4, 0.5) is 0 Å². The van der Waals surface area contributed by atoms with Crippen LogP contribution in [0.2, 0.25) is 5.02 Å². The number of piperidine rings is 1. The molecule has 1 atom stereocenters. The summed E-state index contributed by atoms with van der Waals surface area (Å²) in [7, 11) is 0. The van der Waals surface area contributed by atoms with Crippen molar-refractivity contribution in [2.75, 3.05) is 13.1 Å². The monoisotopic (exact) mass is 376 g/mol. The number of halogens is 2. The number of aryl methyl sites for hydroxylation is 1. The van der Waals surface area contributed by atoms with Crippen molar-refractivity contribution in [2.24, 2.45) is 0 Å². The number of nitrogens with one attached hydrogen (secondary N) is 2. The first kappa shape index (κ1) is 18.6. The highest BCUT2D eigenvalue weighted by Crippen LogP contribution is 2.39. The average Bonchev–Trinajstić information content (AvgIpc) is 2.80. The lowest BCUT2D eigenvalue weighted by atomic mass is 9.85. The van der Waals surface area contributed by atoms with Crippen molar-refractivity contribution in [3.8, 4) is 0 Å². The molecule has 0 amide bonds. The van der Waals surface area contributed by atoms with Crippen LogP contribution in [0.1, 0.15) is 44.2 Å². The minimum absolute atomic E-state index is 0.244. The first-order valence-electron chi connectivity index (χ1n) is 9.26. The van der Waals surface area contributed by atoms with Crippen LogP contribution in [-0.4, -0.2) is 19.1 Å². The molecule has 2 N–H and O–H groups in total. The van der Waals surface area contributed by atoms with Crippen LogP contribution < -0.4 is 10.6 Å². The Bertz CT molecular complexity index is 723. The minimum atomic E-state index is 0.244. The lowest BCUT2D eigenvalue weighted by molar-refractivity contribution is 0.606. The molecule has 1 aromatic rings. The maximum absolute atomic E-state index is 6.25. The van der Waals surface area contributed by atoms with Gasteiger partial charge in [0.15, 0.2) is 0 Å². The SMILES string of the molecule is CC.ClC1=CNC2C(=C1)CCc1cc(Cl)ccc1C2=C1CCNCC1. The predicted molar refractivity (Wildman–Crippen MR) is 109 cm³/mol. The quantitative estimate of drug-likeness (QED) is 0.630. The van der Waals surface area contributed by atoms with Gasteiger partial charge in [0.25, 0.3) is 0 Å². The Labute approximate surface area is 161 Å². The molecule has 0 saturated carbocycles. The summed E-state index contributed by atoms with van der Waals surface area (Å²) in [6.07, 6.45) is 8.32. The van der Waals surface area contributed by atoms with E-state index >= 15 is 0 Å². The summed E-state index contributed by atoms with van der Waals surface area (Å²) >= 11 is 12.5. The van der Waals surface area contributed by atoms with E-state index in [9.17, 15) is 0 Å². The van der Waals surface area contributed by atoms with Crippen LogP contribution in [0.25, 0.3) is 5.57 Å². The van der Waals surface area contributed by atoms with Gasteiger partial charge in [0.05, 0.1) is 11.1 Å². The van der Waals surface area contributed by atoms with Gasteiger partial charge in [-0.25, -0.2) is 0 Å².